The third-order valence-electron chi connectivity index (χ3n) is 4.05. The van der Waals surface area contributed by atoms with Crippen LogP contribution in [0.3, 0.4) is 0 Å². The first-order valence-corrected chi connectivity index (χ1v) is 8.82. The van der Waals surface area contributed by atoms with Crippen LogP contribution in [0.15, 0.2) is 36.4 Å². The van der Waals surface area contributed by atoms with E-state index in [0.29, 0.717) is 35.8 Å². The number of benzene rings is 2. The number of anilines is 2. The fraction of sp³-hybridized carbons (Fsp3) is 0.381. The van der Waals surface area contributed by atoms with E-state index in [2.05, 4.69) is 0 Å². The van der Waals surface area contributed by atoms with E-state index in [0.717, 1.165) is 11.4 Å². The van der Waals surface area contributed by atoms with Crippen molar-refractivity contribution in [3.8, 4) is 11.5 Å². The van der Waals surface area contributed by atoms with Crippen molar-refractivity contribution < 1.29 is 14.3 Å². The molecule has 0 amide bonds. The lowest BCUT2D eigenvalue weighted by atomic mass is 10.00. The summed E-state index contributed by atoms with van der Waals surface area (Å²) in [4.78, 5) is 17.2. The Balaban J connectivity index is 2.51. The van der Waals surface area contributed by atoms with Crippen molar-refractivity contribution in [1.82, 2.24) is 0 Å². The number of carbonyl (C=O) groups excluding carboxylic acids is 1. The minimum atomic E-state index is -0.104. The molecule has 0 atom stereocenters. The Kier molecular flexibility index (Phi) is 6.50. The van der Waals surface area contributed by atoms with Crippen LogP contribution in [0.4, 0.5) is 11.4 Å². The molecule has 26 heavy (non-hydrogen) atoms. The standard InChI is InChI=1S/C21H28N2O3/c1-7-25-19-13-15(22(3)4)9-11-17(19)21(24)18-12-10-16(23(5)6)14-20(18)26-8-2/h9-14H,7-8H2,1-6H3. The van der Waals surface area contributed by atoms with E-state index in [-0.39, 0.29) is 5.78 Å². The maximum atomic E-state index is 13.2. The molecule has 140 valence electrons. The molecule has 0 aromatic heterocycles. The maximum absolute atomic E-state index is 13.2. The van der Waals surface area contributed by atoms with E-state index in [9.17, 15) is 4.79 Å². The Hall–Kier alpha value is -2.69. The summed E-state index contributed by atoms with van der Waals surface area (Å²) in [6.45, 7) is 4.81. The van der Waals surface area contributed by atoms with Crippen LogP contribution in [0.25, 0.3) is 0 Å². The first kappa shape index (κ1) is 19.6. The van der Waals surface area contributed by atoms with Crippen molar-refractivity contribution in [2.24, 2.45) is 0 Å². The lowest BCUT2D eigenvalue weighted by molar-refractivity contribution is 0.103. The summed E-state index contributed by atoms with van der Waals surface area (Å²) in [5.41, 5.74) is 3.04. The topological polar surface area (TPSA) is 42.0 Å². The molecule has 0 unspecified atom stereocenters. The molecule has 0 aliphatic heterocycles. The average Bonchev–Trinajstić information content (AvgIpc) is 2.61. The van der Waals surface area contributed by atoms with Gasteiger partial charge in [-0.15, -0.1) is 0 Å². The highest BCUT2D eigenvalue weighted by Gasteiger charge is 2.20. The monoisotopic (exact) mass is 356 g/mol. The quantitative estimate of drug-likeness (QED) is 0.672. The van der Waals surface area contributed by atoms with Gasteiger partial charge in [-0.05, 0) is 38.1 Å². The van der Waals surface area contributed by atoms with Gasteiger partial charge in [0.2, 0.25) is 0 Å². The number of nitrogens with zero attached hydrogens (tertiary/aromatic N) is 2. The van der Waals surface area contributed by atoms with Gasteiger partial charge < -0.3 is 19.3 Å². The lowest BCUT2D eigenvalue weighted by Gasteiger charge is -2.18. The second kappa shape index (κ2) is 8.61. The van der Waals surface area contributed by atoms with Crippen molar-refractivity contribution >= 4 is 17.2 Å². The van der Waals surface area contributed by atoms with Crippen molar-refractivity contribution in [1.29, 1.82) is 0 Å². The Labute approximate surface area is 156 Å². The van der Waals surface area contributed by atoms with Gasteiger partial charge in [0.25, 0.3) is 0 Å². The molecule has 0 spiro atoms. The molecule has 0 aliphatic rings. The van der Waals surface area contributed by atoms with Gasteiger partial charge in [-0.3, -0.25) is 4.79 Å². The molecule has 0 saturated carbocycles. The van der Waals surface area contributed by atoms with E-state index in [4.69, 9.17) is 9.47 Å². The van der Waals surface area contributed by atoms with Gasteiger partial charge in [0.1, 0.15) is 11.5 Å². The molecular formula is C21H28N2O3. The molecule has 0 fully saturated rings. The highest BCUT2D eigenvalue weighted by Crippen LogP contribution is 2.32. The molecule has 2 aromatic carbocycles. The number of hydrogen-bond donors (Lipinski definition) is 0. The first-order chi connectivity index (χ1) is 12.4. The Morgan fingerprint density at radius 1 is 0.769 bits per heavy atom. The molecule has 0 radical (unpaired) electrons. The van der Waals surface area contributed by atoms with Crippen molar-refractivity contribution in [3.63, 3.8) is 0 Å². The van der Waals surface area contributed by atoms with Crippen LogP contribution in [0.1, 0.15) is 29.8 Å². The number of ketones is 1. The second-order valence-electron chi connectivity index (χ2n) is 6.34. The first-order valence-electron chi connectivity index (χ1n) is 8.82. The molecule has 0 aliphatic carbocycles. The molecule has 5 heteroatoms. The van der Waals surface area contributed by atoms with Crippen LogP contribution in [-0.4, -0.2) is 47.2 Å². The Morgan fingerprint density at radius 2 is 1.15 bits per heavy atom. The zero-order chi connectivity index (χ0) is 19.3. The Morgan fingerprint density at radius 3 is 1.46 bits per heavy atom. The van der Waals surface area contributed by atoms with Gasteiger partial charge in [-0.2, -0.15) is 0 Å². The van der Waals surface area contributed by atoms with Gasteiger partial charge in [0.15, 0.2) is 5.78 Å². The van der Waals surface area contributed by atoms with E-state index in [1.54, 1.807) is 0 Å². The van der Waals surface area contributed by atoms with Gasteiger partial charge in [0.05, 0.1) is 24.3 Å². The minimum Gasteiger partial charge on any atom is -0.493 e. The van der Waals surface area contributed by atoms with Crippen LogP contribution in [-0.2, 0) is 0 Å². The molecule has 0 saturated heterocycles. The molecule has 2 rings (SSSR count). The van der Waals surface area contributed by atoms with Gasteiger partial charge in [0, 0.05) is 51.7 Å². The van der Waals surface area contributed by atoms with E-state index in [1.807, 2.05) is 88.2 Å². The number of carbonyl (C=O) groups is 1. The van der Waals surface area contributed by atoms with Gasteiger partial charge in [-0.1, -0.05) is 0 Å². The Bertz CT molecular complexity index is 706. The van der Waals surface area contributed by atoms with E-state index < -0.39 is 0 Å². The fourth-order valence-corrected chi connectivity index (χ4v) is 2.65. The zero-order valence-corrected chi connectivity index (χ0v) is 16.5. The maximum Gasteiger partial charge on any atom is 0.200 e. The van der Waals surface area contributed by atoms with Crippen LogP contribution in [0, 0.1) is 0 Å². The second-order valence-corrected chi connectivity index (χ2v) is 6.34. The van der Waals surface area contributed by atoms with Crippen molar-refractivity contribution in [2.75, 3.05) is 51.2 Å². The van der Waals surface area contributed by atoms with Crippen LogP contribution >= 0.6 is 0 Å². The largest absolute Gasteiger partial charge is 0.493 e. The average molecular weight is 356 g/mol. The zero-order valence-electron chi connectivity index (χ0n) is 16.5. The molecular weight excluding hydrogens is 328 g/mol. The van der Waals surface area contributed by atoms with Crippen molar-refractivity contribution in [2.45, 2.75) is 13.8 Å². The van der Waals surface area contributed by atoms with E-state index >= 15 is 0 Å². The van der Waals surface area contributed by atoms with E-state index in [1.165, 1.54) is 0 Å². The smallest absolute Gasteiger partial charge is 0.200 e. The SMILES string of the molecule is CCOc1cc(N(C)C)ccc1C(=O)c1ccc(N(C)C)cc1OCC. The van der Waals surface area contributed by atoms with Crippen LogP contribution < -0.4 is 19.3 Å². The van der Waals surface area contributed by atoms with Gasteiger partial charge in [-0.25, -0.2) is 0 Å². The molecule has 0 bridgehead atoms. The molecule has 0 heterocycles. The highest BCUT2D eigenvalue weighted by atomic mass is 16.5. The summed E-state index contributed by atoms with van der Waals surface area (Å²) in [5, 5.41) is 0. The summed E-state index contributed by atoms with van der Waals surface area (Å²) in [6.07, 6.45) is 0. The van der Waals surface area contributed by atoms with Gasteiger partial charge >= 0.3 is 0 Å². The molecule has 5 nitrogen and oxygen atoms in total. The predicted molar refractivity (Wildman–Crippen MR) is 107 cm³/mol. The number of rotatable bonds is 8. The van der Waals surface area contributed by atoms with Crippen LogP contribution in [0.2, 0.25) is 0 Å². The summed E-state index contributed by atoms with van der Waals surface area (Å²) >= 11 is 0. The highest BCUT2D eigenvalue weighted by molar-refractivity contribution is 6.12. The number of hydrogen-bond acceptors (Lipinski definition) is 5. The summed E-state index contributed by atoms with van der Waals surface area (Å²) in [5.74, 6) is 1.07. The van der Waals surface area contributed by atoms with Crippen LogP contribution in [0.5, 0.6) is 11.5 Å². The summed E-state index contributed by atoms with van der Waals surface area (Å²) in [6, 6.07) is 11.3. The normalized spacial score (nSPS) is 10.4. The molecule has 2 aromatic rings. The summed E-state index contributed by atoms with van der Waals surface area (Å²) < 4.78 is 11.5. The predicted octanol–water partition coefficient (Wildman–Crippen LogP) is 3.85. The number of ether oxygens (including phenoxy) is 2. The molecule has 0 N–H and O–H groups in total. The minimum absolute atomic E-state index is 0.104. The summed E-state index contributed by atoms with van der Waals surface area (Å²) in [7, 11) is 7.83. The third kappa shape index (κ3) is 4.28. The fourth-order valence-electron chi connectivity index (χ4n) is 2.65. The third-order valence-corrected chi connectivity index (χ3v) is 4.05. The lowest BCUT2D eigenvalue weighted by Crippen LogP contribution is -2.13. The van der Waals surface area contributed by atoms with Crippen molar-refractivity contribution in [3.05, 3.63) is 47.5 Å².